The van der Waals surface area contributed by atoms with Gasteiger partial charge in [-0.2, -0.15) is 0 Å². The van der Waals surface area contributed by atoms with E-state index in [1.807, 2.05) is 38.1 Å². The number of benzene rings is 1. The number of aliphatic hydroxyl groups is 1. The van der Waals surface area contributed by atoms with Crippen molar-refractivity contribution in [3.05, 3.63) is 49.6 Å². The lowest BCUT2D eigenvalue weighted by Gasteiger charge is -2.40. The van der Waals surface area contributed by atoms with Crippen molar-refractivity contribution in [3.63, 3.8) is 0 Å². The number of hydrogen-bond acceptors (Lipinski definition) is 6. The third kappa shape index (κ3) is 5.20. The van der Waals surface area contributed by atoms with Gasteiger partial charge in [-0.25, -0.2) is 0 Å². The average Bonchev–Trinajstić information content (AvgIpc) is 3.60. The molecule has 3 saturated heterocycles. The SMILES string of the molecule is C=CCN(C)C(=O)[C@@H]1[C@@H]2CCC3(S2)C(C(=O)N(CC=C)c2ccc(N(CC)CC)cc2)N([C@@H](CO)C(C)C)C(=O)[C@H]13. The van der Waals surface area contributed by atoms with Crippen LogP contribution < -0.4 is 9.80 Å². The molecule has 6 atom stereocenters. The highest BCUT2D eigenvalue weighted by atomic mass is 32.2. The minimum Gasteiger partial charge on any atom is -0.394 e. The molecule has 41 heavy (non-hydrogen) atoms. The van der Waals surface area contributed by atoms with Crippen molar-refractivity contribution in [2.45, 2.75) is 62.6 Å². The molecule has 9 heteroatoms. The summed E-state index contributed by atoms with van der Waals surface area (Å²) in [6.07, 6.45) is 4.84. The van der Waals surface area contributed by atoms with E-state index in [4.69, 9.17) is 0 Å². The molecule has 0 aliphatic carbocycles. The number of rotatable bonds is 13. The van der Waals surface area contributed by atoms with Crippen molar-refractivity contribution in [3.8, 4) is 0 Å². The summed E-state index contributed by atoms with van der Waals surface area (Å²) in [6, 6.07) is 6.62. The Hall–Kier alpha value is -2.78. The van der Waals surface area contributed by atoms with Crippen molar-refractivity contribution in [1.29, 1.82) is 0 Å². The smallest absolute Gasteiger partial charge is 0.251 e. The van der Waals surface area contributed by atoms with Gasteiger partial charge in [0.15, 0.2) is 0 Å². The van der Waals surface area contributed by atoms with Crippen molar-refractivity contribution in [1.82, 2.24) is 9.80 Å². The number of aliphatic hydroxyl groups excluding tert-OH is 1. The molecule has 0 radical (unpaired) electrons. The third-order valence-electron chi connectivity index (χ3n) is 9.22. The molecule has 3 aliphatic heterocycles. The van der Waals surface area contributed by atoms with Crippen LogP contribution in [0.5, 0.6) is 0 Å². The first-order chi connectivity index (χ1) is 19.6. The first-order valence-electron chi connectivity index (χ1n) is 14.9. The third-order valence-corrected chi connectivity index (χ3v) is 11.2. The summed E-state index contributed by atoms with van der Waals surface area (Å²) in [4.78, 5) is 50.1. The minimum atomic E-state index is -0.792. The number of likely N-dealkylation sites (N-methyl/N-ethyl adjacent to an activating group) is 1. The van der Waals surface area contributed by atoms with Gasteiger partial charge in [-0.3, -0.25) is 14.4 Å². The Morgan fingerprint density at radius 1 is 1.10 bits per heavy atom. The maximum absolute atomic E-state index is 14.8. The van der Waals surface area contributed by atoms with Crippen LogP contribution in [0, 0.1) is 17.8 Å². The van der Waals surface area contributed by atoms with Gasteiger partial charge in [0, 0.05) is 49.9 Å². The molecule has 3 heterocycles. The molecule has 4 rings (SSSR count). The zero-order valence-electron chi connectivity index (χ0n) is 25.2. The zero-order chi connectivity index (χ0) is 30.1. The first kappa shape index (κ1) is 31.2. The van der Waals surface area contributed by atoms with E-state index in [0.29, 0.717) is 13.0 Å². The number of thioether (sulfide) groups is 1. The maximum Gasteiger partial charge on any atom is 0.251 e. The number of likely N-dealkylation sites (tertiary alicyclic amines) is 1. The summed E-state index contributed by atoms with van der Waals surface area (Å²) >= 11 is 1.65. The van der Waals surface area contributed by atoms with Gasteiger partial charge in [0.2, 0.25) is 11.8 Å². The summed E-state index contributed by atoms with van der Waals surface area (Å²) < 4.78 is -0.725. The fraction of sp³-hybridized carbons (Fsp3) is 0.594. The van der Waals surface area contributed by atoms with Crippen LogP contribution in [0.2, 0.25) is 0 Å². The van der Waals surface area contributed by atoms with Crippen molar-refractivity contribution in [2.75, 3.05) is 49.6 Å². The van der Waals surface area contributed by atoms with E-state index in [1.54, 1.807) is 45.7 Å². The Kier molecular flexibility index (Phi) is 9.59. The molecule has 3 aliphatic rings. The van der Waals surface area contributed by atoms with E-state index in [1.165, 1.54) is 0 Å². The van der Waals surface area contributed by atoms with Crippen molar-refractivity contribution in [2.24, 2.45) is 17.8 Å². The summed E-state index contributed by atoms with van der Waals surface area (Å²) in [5.41, 5.74) is 1.82. The van der Waals surface area contributed by atoms with Gasteiger partial charge in [0.1, 0.15) is 6.04 Å². The predicted molar refractivity (Wildman–Crippen MR) is 167 cm³/mol. The highest BCUT2D eigenvalue weighted by Crippen LogP contribution is 2.67. The second-order valence-corrected chi connectivity index (χ2v) is 13.3. The van der Waals surface area contributed by atoms with E-state index in [9.17, 15) is 19.5 Å². The van der Waals surface area contributed by atoms with Crippen LogP contribution in [0.1, 0.15) is 40.5 Å². The Balaban J connectivity index is 1.79. The molecule has 2 bridgehead atoms. The van der Waals surface area contributed by atoms with E-state index >= 15 is 0 Å². The summed E-state index contributed by atoms with van der Waals surface area (Å²) in [7, 11) is 1.74. The number of amides is 3. The van der Waals surface area contributed by atoms with Crippen LogP contribution in [-0.2, 0) is 14.4 Å². The number of fused-ring (bicyclic) bond motifs is 1. The molecule has 3 amide bonds. The van der Waals surface area contributed by atoms with Crippen molar-refractivity contribution < 1.29 is 19.5 Å². The number of carbonyl (C=O) groups is 3. The molecule has 3 fully saturated rings. The van der Waals surface area contributed by atoms with Gasteiger partial charge in [-0.15, -0.1) is 24.9 Å². The first-order valence-corrected chi connectivity index (χ1v) is 15.7. The van der Waals surface area contributed by atoms with E-state index in [2.05, 4.69) is 31.9 Å². The van der Waals surface area contributed by atoms with Gasteiger partial charge < -0.3 is 24.7 Å². The highest BCUT2D eigenvalue weighted by Gasteiger charge is 2.74. The lowest BCUT2D eigenvalue weighted by Crippen LogP contribution is -2.58. The molecule has 0 saturated carbocycles. The molecule has 224 valence electrons. The topological polar surface area (TPSA) is 84.4 Å². The molecule has 8 nitrogen and oxygen atoms in total. The van der Waals surface area contributed by atoms with Gasteiger partial charge >= 0.3 is 0 Å². The molecule has 1 spiro atoms. The van der Waals surface area contributed by atoms with Crippen LogP contribution in [0.25, 0.3) is 0 Å². The number of carbonyl (C=O) groups excluding carboxylic acids is 3. The predicted octanol–water partition coefficient (Wildman–Crippen LogP) is 3.80. The van der Waals surface area contributed by atoms with Gasteiger partial charge in [0.05, 0.1) is 29.2 Å². The lowest BCUT2D eigenvalue weighted by atomic mass is 9.70. The minimum absolute atomic E-state index is 0.0194. The Bertz CT molecular complexity index is 1150. The van der Waals surface area contributed by atoms with Crippen LogP contribution >= 0.6 is 11.8 Å². The fourth-order valence-electron chi connectivity index (χ4n) is 7.20. The van der Waals surface area contributed by atoms with Crippen molar-refractivity contribution >= 4 is 40.9 Å². The van der Waals surface area contributed by atoms with E-state index in [-0.39, 0.29) is 42.0 Å². The van der Waals surface area contributed by atoms with Gasteiger partial charge in [0.25, 0.3) is 5.91 Å². The molecular weight excluding hydrogens is 536 g/mol. The largest absolute Gasteiger partial charge is 0.394 e. The Labute approximate surface area is 249 Å². The number of hydrogen-bond donors (Lipinski definition) is 1. The molecule has 1 aromatic rings. The second-order valence-electron chi connectivity index (χ2n) is 11.7. The molecule has 2 unspecified atom stereocenters. The quantitative estimate of drug-likeness (QED) is 0.356. The monoisotopic (exact) mass is 582 g/mol. The standard InChI is InChI=1S/C32H46N4O4S/c1-8-18-33(7)29(38)26-25-16-17-32(41-25)27(26)30(39)36(24(20-37)21(5)6)28(32)31(40)35(19-9-2)23-14-12-22(13-15-23)34(10-3)11-4/h8-9,12-15,21,24-28,37H,1-2,10-11,16-20H2,3-7H3/t24-,25-,26+,27-,28?,32?/m0/s1. The number of nitrogens with zero attached hydrogens (tertiary/aromatic N) is 4. The second kappa shape index (κ2) is 12.6. The van der Waals surface area contributed by atoms with Crippen LogP contribution in [0.4, 0.5) is 11.4 Å². The lowest BCUT2D eigenvalue weighted by molar-refractivity contribution is -0.145. The fourth-order valence-corrected chi connectivity index (χ4v) is 9.39. The van der Waals surface area contributed by atoms with Crippen LogP contribution in [0.3, 0.4) is 0 Å². The molecule has 0 aromatic heterocycles. The van der Waals surface area contributed by atoms with Gasteiger partial charge in [-0.1, -0.05) is 26.0 Å². The summed E-state index contributed by atoms with van der Waals surface area (Å²) in [5.74, 6) is -1.63. The molecule has 1 aromatic carbocycles. The Morgan fingerprint density at radius 2 is 1.71 bits per heavy atom. The normalized spacial score (nSPS) is 27.1. The van der Waals surface area contributed by atoms with Crippen LogP contribution in [-0.4, -0.2) is 94.5 Å². The average molecular weight is 583 g/mol. The zero-order valence-corrected chi connectivity index (χ0v) is 26.0. The maximum atomic E-state index is 14.8. The van der Waals surface area contributed by atoms with Crippen LogP contribution in [0.15, 0.2) is 49.6 Å². The van der Waals surface area contributed by atoms with E-state index in [0.717, 1.165) is 30.9 Å². The van der Waals surface area contributed by atoms with E-state index < -0.39 is 28.7 Å². The highest BCUT2D eigenvalue weighted by molar-refractivity contribution is 8.02. The summed E-state index contributed by atoms with van der Waals surface area (Å²) in [6.45, 7) is 18.0. The Morgan fingerprint density at radius 3 is 2.24 bits per heavy atom. The van der Waals surface area contributed by atoms with Gasteiger partial charge in [-0.05, 0) is 56.9 Å². The summed E-state index contributed by atoms with van der Waals surface area (Å²) in [5, 5.41) is 10.5. The molecular formula is C32H46N4O4S. The number of anilines is 2. The molecule has 1 N–H and O–H groups in total.